The summed E-state index contributed by atoms with van der Waals surface area (Å²) in [4.78, 5) is 4.88. The number of aryl methyl sites for hydroxylation is 2. The number of methoxy groups -OCH3 is 2. The molecule has 1 aliphatic heterocycles. The van der Waals surface area contributed by atoms with Gasteiger partial charge in [-0.3, -0.25) is 9.80 Å². The van der Waals surface area contributed by atoms with Gasteiger partial charge in [0.25, 0.3) is 0 Å². The van der Waals surface area contributed by atoms with Crippen LogP contribution in [0.3, 0.4) is 0 Å². The van der Waals surface area contributed by atoms with Crippen LogP contribution in [0, 0.1) is 11.7 Å². The summed E-state index contributed by atoms with van der Waals surface area (Å²) in [6.07, 6.45) is 1.82. The van der Waals surface area contributed by atoms with Crippen molar-refractivity contribution in [2.24, 2.45) is 0 Å². The van der Waals surface area contributed by atoms with Gasteiger partial charge in [0.1, 0.15) is 6.33 Å². The molecule has 0 spiro atoms. The lowest BCUT2D eigenvalue weighted by molar-refractivity contribution is 0.0978. The lowest BCUT2D eigenvalue weighted by atomic mass is 10.1. The highest BCUT2D eigenvalue weighted by molar-refractivity contribution is 7.71. The lowest BCUT2D eigenvalue weighted by Crippen LogP contribution is -2.46. The van der Waals surface area contributed by atoms with Gasteiger partial charge in [-0.15, -0.1) is 0 Å². The van der Waals surface area contributed by atoms with Crippen molar-refractivity contribution in [3.8, 4) is 11.5 Å². The van der Waals surface area contributed by atoms with Crippen LogP contribution < -0.4 is 9.47 Å². The molecule has 2 aromatic rings. The summed E-state index contributed by atoms with van der Waals surface area (Å²) in [5.41, 5.74) is 2.51. The van der Waals surface area contributed by atoms with E-state index in [9.17, 15) is 0 Å². The maximum Gasteiger partial charge on any atom is 0.198 e. The number of nitrogens with zero attached hydrogens (tertiary/aromatic N) is 5. The minimum Gasteiger partial charge on any atom is -0.493 e. The van der Waals surface area contributed by atoms with E-state index in [1.807, 2.05) is 15.6 Å². The highest BCUT2D eigenvalue weighted by Gasteiger charge is 2.19. The number of hydrogen-bond donors (Lipinski definition) is 0. The normalized spacial score (nSPS) is 15.9. The standard InChI is InChI=1S/C19H29N5O2S/c1-5-23-13-20-24(19(23)27)14-22-8-6-21(7-9-22)12-16-11-18(26-4)17(25-3)10-15(16)2/h10-11,13H,5-9,12,14H2,1-4H3. The van der Waals surface area contributed by atoms with E-state index in [0.717, 1.165) is 62.2 Å². The molecule has 0 bridgehead atoms. The number of hydrogen-bond acceptors (Lipinski definition) is 6. The highest BCUT2D eigenvalue weighted by Crippen LogP contribution is 2.30. The number of aromatic nitrogens is 3. The van der Waals surface area contributed by atoms with Gasteiger partial charge in [0, 0.05) is 39.3 Å². The Bertz CT molecular complexity index is 824. The van der Waals surface area contributed by atoms with E-state index < -0.39 is 0 Å². The molecule has 7 nitrogen and oxygen atoms in total. The van der Waals surface area contributed by atoms with Crippen LogP contribution in [0.4, 0.5) is 0 Å². The smallest absolute Gasteiger partial charge is 0.198 e. The molecule has 27 heavy (non-hydrogen) atoms. The van der Waals surface area contributed by atoms with Gasteiger partial charge in [-0.1, -0.05) is 0 Å². The molecule has 3 rings (SSSR count). The summed E-state index contributed by atoms with van der Waals surface area (Å²) >= 11 is 5.47. The molecule has 0 aliphatic carbocycles. The van der Waals surface area contributed by atoms with E-state index in [-0.39, 0.29) is 0 Å². The average Bonchev–Trinajstić information content (AvgIpc) is 3.04. The van der Waals surface area contributed by atoms with Crippen molar-refractivity contribution in [3.05, 3.63) is 34.4 Å². The van der Waals surface area contributed by atoms with Crippen LogP contribution in [0.25, 0.3) is 0 Å². The van der Waals surface area contributed by atoms with E-state index in [1.54, 1.807) is 14.2 Å². The zero-order valence-electron chi connectivity index (χ0n) is 16.6. The van der Waals surface area contributed by atoms with Crippen LogP contribution in [0.15, 0.2) is 18.5 Å². The van der Waals surface area contributed by atoms with Gasteiger partial charge in [0.2, 0.25) is 0 Å². The summed E-state index contributed by atoms with van der Waals surface area (Å²) in [7, 11) is 3.35. The fraction of sp³-hybridized carbons (Fsp3) is 0.579. The van der Waals surface area contributed by atoms with Crippen LogP contribution in [0.2, 0.25) is 0 Å². The number of ether oxygens (including phenoxy) is 2. The molecule has 0 amide bonds. The molecule has 0 atom stereocenters. The molecule has 1 saturated heterocycles. The Morgan fingerprint density at radius 2 is 1.67 bits per heavy atom. The number of benzene rings is 1. The summed E-state index contributed by atoms with van der Waals surface area (Å²) in [6.45, 7) is 10.8. The molecule has 2 heterocycles. The fourth-order valence-electron chi connectivity index (χ4n) is 3.40. The lowest BCUT2D eigenvalue weighted by Gasteiger charge is -2.34. The van der Waals surface area contributed by atoms with Crippen LogP contribution in [-0.2, 0) is 19.8 Å². The Hall–Kier alpha value is -1.90. The Morgan fingerprint density at radius 1 is 1.04 bits per heavy atom. The number of piperazine rings is 1. The molecular formula is C19H29N5O2S. The Balaban J connectivity index is 1.58. The minimum absolute atomic E-state index is 0.759. The molecule has 0 saturated carbocycles. The van der Waals surface area contributed by atoms with Crippen molar-refractivity contribution in [2.75, 3.05) is 40.4 Å². The van der Waals surface area contributed by atoms with E-state index in [4.69, 9.17) is 21.7 Å². The van der Waals surface area contributed by atoms with Gasteiger partial charge < -0.3 is 14.0 Å². The van der Waals surface area contributed by atoms with Gasteiger partial charge in [-0.25, -0.2) is 4.68 Å². The van der Waals surface area contributed by atoms with Gasteiger partial charge in [0.05, 0.1) is 20.9 Å². The van der Waals surface area contributed by atoms with Crippen molar-refractivity contribution in [1.29, 1.82) is 0 Å². The molecule has 1 fully saturated rings. The molecule has 1 aromatic carbocycles. The molecule has 148 valence electrons. The Morgan fingerprint density at radius 3 is 2.26 bits per heavy atom. The molecule has 8 heteroatoms. The summed E-state index contributed by atoms with van der Waals surface area (Å²) in [5, 5.41) is 4.41. The molecule has 1 aliphatic rings. The number of rotatable bonds is 7. The third-order valence-corrected chi connectivity index (χ3v) is 5.62. The average molecular weight is 392 g/mol. The summed E-state index contributed by atoms with van der Waals surface area (Å²) in [5.74, 6) is 1.57. The predicted octanol–water partition coefficient (Wildman–Crippen LogP) is 2.53. The topological polar surface area (TPSA) is 47.7 Å². The van der Waals surface area contributed by atoms with Gasteiger partial charge in [0.15, 0.2) is 16.3 Å². The van der Waals surface area contributed by atoms with Crippen LogP contribution in [0.5, 0.6) is 11.5 Å². The third kappa shape index (κ3) is 4.51. The molecule has 0 N–H and O–H groups in total. The zero-order valence-corrected chi connectivity index (χ0v) is 17.5. The largest absolute Gasteiger partial charge is 0.493 e. The molecule has 1 aromatic heterocycles. The van der Waals surface area contributed by atoms with Crippen molar-refractivity contribution in [2.45, 2.75) is 33.6 Å². The van der Waals surface area contributed by atoms with Gasteiger partial charge >= 0.3 is 0 Å². The van der Waals surface area contributed by atoms with Gasteiger partial charge in [-0.2, -0.15) is 5.10 Å². The Labute approximate surface area is 166 Å². The van der Waals surface area contributed by atoms with Crippen molar-refractivity contribution >= 4 is 12.2 Å². The molecular weight excluding hydrogens is 362 g/mol. The zero-order chi connectivity index (χ0) is 19.4. The van der Waals surface area contributed by atoms with Crippen LogP contribution >= 0.6 is 12.2 Å². The van der Waals surface area contributed by atoms with E-state index in [1.165, 1.54) is 11.1 Å². The van der Waals surface area contributed by atoms with Crippen molar-refractivity contribution < 1.29 is 9.47 Å². The first-order valence-corrected chi connectivity index (χ1v) is 9.75. The second-order valence-corrected chi connectivity index (χ2v) is 7.23. The van der Waals surface area contributed by atoms with Crippen LogP contribution in [0.1, 0.15) is 18.1 Å². The Kier molecular flexibility index (Phi) is 6.51. The van der Waals surface area contributed by atoms with Gasteiger partial charge in [-0.05, 0) is 49.3 Å². The second kappa shape index (κ2) is 8.86. The maximum absolute atomic E-state index is 5.47. The van der Waals surface area contributed by atoms with E-state index >= 15 is 0 Å². The minimum atomic E-state index is 0.759. The highest BCUT2D eigenvalue weighted by atomic mass is 32.1. The van der Waals surface area contributed by atoms with E-state index in [2.05, 4.69) is 40.9 Å². The van der Waals surface area contributed by atoms with E-state index in [0.29, 0.717) is 0 Å². The molecule has 0 unspecified atom stereocenters. The van der Waals surface area contributed by atoms with Crippen molar-refractivity contribution in [1.82, 2.24) is 24.1 Å². The quantitative estimate of drug-likeness (QED) is 0.676. The second-order valence-electron chi connectivity index (χ2n) is 6.87. The summed E-state index contributed by atoms with van der Waals surface area (Å²) in [6, 6.07) is 4.15. The third-order valence-electron chi connectivity index (χ3n) is 5.17. The maximum atomic E-state index is 5.47. The monoisotopic (exact) mass is 391 g/mol. The first-order chi connectivity index (χ1) is 13.0. The first-order valence-electron chi connectivity index (χ1n) is 9.34. The predicted molar refractivity (Wildman–Crippen MR) is 108 cm³/mol. The fourth-order valence-corrected chi connectivity index (χ4v) is 3.68. The summed E-state index contributed by atoms with van der Waals surface area (Å²) < 4.78 is 15.5. The molecule has 0 radical (unpaired) electrons. The van der Waals surface area contributed by atoms with Crippen molar-refractivity contribution in [3.63, 3.8) is 0 Å². The van der Waals surface area contributed by atoms with Crippen LogP contribution in [-0.4, -0.2) is 64.5 Å². The SMILES string of the molecule is CCn1cnn(CN2CCN(Cc3cc(OC)c(OC)cc3C)CC2)c1=S. The first kappa shape index (κ1) is 19.9.